The summed E-state index contributed by atoms with van der Waals surface area (Å²) >= 11 is 9.33. The lowest BCUT2D eigenvalue weighted by Gasteiger charge is -2.13. The summed E-state index contributed by atoms with van der Waals surface area (Å²) in [6.45, 7) is 3.03. The Bertz CT molecular complexity index is 1320. The Morgan fingerprint density at radius 3 is 2.78 bits per heavy atom. The molecule has 0 fully saturated rings. The van der Waals surface area contributed by atoms with Gasteiger partial charge < -0.3 is 9.84 Å². The van der Waals surface area contributed by atoms with Gasteiger partial charge in [0.05, 0.1) is 22.0 Å². The Kier molecular flexibility index (Phi) is 6.90. The van der Waals surface area contributed by atoms with E-state index in [1.165, 1.54) is 13.0 Å². The fraction of sp³-hybridized carbons (Fsp3) is 0.200. The number of aliphatic carboxylic acids is 1. The van der Waals surface area contributed by atoms with E-state index in [9.17, 15) is 19.7 Å². The SMILES string of the molecule is CCc1nc2ccc(Br)cc2c(=O)n1N=Cc1cc(Cl)cc([N+](=O)[O-])c1O[C@H](C)C(=O)O. The molecule has 1 aromatic heterocycles. The third-order valence-electron chi connectivity index (χ3n) is 4.41. The highest BCUT2D eigenvalue weighted by Crippen LogP contribution is 2.34. The predicted molar refractivity (Wildman–Crippen MR) is 122 cm³/mol. The average Bonchev–Trinajstić information content (AvgIpc) is 2.74. The first-order valence-electron chi connectivity index (χ1n) is 9.25. The zero-order valence-electron chi connectivity index (χ0n) is 16.8. The molecule has 0 spiro atoms. The van der Waals surface area contributed by atoms with Gasteiger partial charge in [-0.15, -0.1) is 0 Å². The molecule has 0 saturated heterocycles. The minimum absolute atomic E-state index is 0.0112. The molecule has 0 aliphatic carbocycles. The molecule has 0 radical (unpaired) electrons. The van der Waals surface area contributed by atoms with Crippen LogP contribution in [0.15, 0.2) is 44.7 Å². The lowest BCUT2D eigenvalue weighted by molar-refractivity contribution is -0.386. The summed E-state index contributed by atoms with van der Waals surface area (Å²) in [5.74, 6) is -1.29. The lowest BCUT2D eigenvalue weighted by atomic mass is 10.2. The van der Waals surface area contributed by atoms with E-state index in [2.05, 4.69) is 26.0 Å². The Morgan fingerprint density at radius 2 is 2.16 bits per heavy atom. The van der Waals surface area contributed by atoms with Crippen LogP contribution >= 0.6 is 27.5 Å². The first kappa shape index (κ1) is 23.4. The predicted octanol–water partition coefficient (Wildman–Crippen LogP) is 4.02. The number of aromatic nitrogens is 2. The maximum absolute atomic E-state index is 13.0. The van der Waals surface area contributed by atoms with E-state index in [0.29, 0.717) is 27.6 Å². The van der Waals surface area contributed by atoms with Crippen molar-refractivity contribution >= 4 is 56.3 Å². The van der Waals surface area contributed by atoms with Crippen LogP contribution in [0.4, 0.5) is 5.69 Å². The molecule has 3 aromatic rings. The van der Waals surface area contributed by atoms with Crippen molar-refractivity contribution in [3.8, 4) is 5.75 Å². The number of rotatable bonds is 7. The number of fused-ring (bicyclic) bond motifs is 1. The molecule has 1 N–H and O–H groups in total. The van der Waals surface area contributed by atoms with E-state index in [-0.39, 0.29) is 16.3 Å². The van der Waals surface area contributed by atoms with Gasteiger partial charge in [-0.3, -0.25) is 14.9 Å². The zero-order valence-corrected chi connectivity index (χ0v) is 19.1. The number of nitrogens with zero attached hydrogens (tertiary/aromatic N) is 4. The van der Waals surface area contributed by atoms with Gasteiger partial charge in [0.2, 0.25) is 5.75 Å². The van der Waals surface area contributed by atoms with Gasteiger partial charge in [0, 0.05) is 27.5 Å². The normalized spacial score (nSPS) is 12.2. The Labute approximate surface area is 194 Å². The molecule has 1 atom stereocenters. The van der Waals surface area contributed by atoms with Gasteiger partial charge in [-0.05, 0) is 31.2 Å². The topological polar surface area (TPSA) is 137 Å². The molecule has 0 bridgehead atoms. The van der Waals surface area contributed by atoms with Crippen LogP contribution in [-0.4, -0.2) is 38.0 Å². The summed E-state index contributed by atoms with van der Waals surface area (Å²) in [4.78, 5) is 39.4. The summed E-state index contributed by atoms with van der Waals surface area (Å²) in [6, 6.07) is 7.45. The number of nitro groups is 1. The highest BCUT2D eigenvalue weighted by molar-refractivity contribution is 9.10. The molecule has 166 valence electrons. The second-order valence-corrected chi connectivity index (χ2v) is 7.96. The number of nitro benzene ring substituents is 1. The lowest BCUT2D eigenvalue weighted by Crippen LogP contribution is -2.24. The molecule has 10 nitrogen and oxygen atoms in total. The van der Waals surface area contributed by atoms with Gasteiger partial charge in [0.15, 0.2) is 6.10 Å². The second kappa shape index (κ2) is 9.45. The molecular weight excluding hydrogens is 508 g/mol. The number of carboxylic acid groups (broad SMARTS) is 1. The molecule has 2 aromatic carbocycles. The average molecular weight is 524 g/mol. The summed E-state index contributed by atoms with van der Waals surface area (Å²) in [6.07, 6.45) is 0.151. The summed E-state index contributed by atoms with van der Waals surface area (Å²) in [7, 11) is 0. The van der Waals surface area contributed by atoms with Crippen molar-refractivity contribution < 1.29 is 19.6 Å². The number of aryl methyl sites for hydroxylation is 1. The van der Waals surface area contributed by atoms with Crippen LogP contribution in [0.2, 0.25) is 5.02 Å². The van der Waals surface area contributed by atoms with E-state index in [1.54, 1.807) is 25.1 Å². The third-order valence-corrected chi connectivity index (χ3v) is 5.12. The molecule has 0 aliphatic heterocycles. The van der Waals surface area contributed by atoms with Gasteiger partial charge in [0.25, 0.3) is 5.56 Å². The number of carboxylic acids is 1. The summed E-state index contributed by atoms with van der Waals surface area (Å²) < 4.78 is 7.08. The third kappa shape index (κ3) is 4.78. The van der Waals surface area contributed by atoms with Crippen molar-refractivity contribution in [2.45, 2.75) is 26.4 Å². The standard InChI is InChI=1S/C20H16BrClN4O6/c1-3-17-24-15-5-4-12(21)7-14(15)19(27)25(17)23-9-11-6-13(22)8-16(26(30)31)18(11)32-10(2)20(28)29/h4-10H,3H2,1-2H3,(H,28,29)/t10-/m1/s1. The van der Waals surface area contributed by atoms with Crippen LogP contribution in [-0.2, 0) is 11.2 Å². The second-order valence-electron chi connectivity index (χ2n) is 6.60. The van der Waals surface area contributed by atoms with E-state index in [4.69, 9.17) is 21.4 Å². The van der Waals surface area contributed by atoms with Crippen molar-refractivity contribution in [1.82, 2.24) is 9.66 Å². The summed E-state index contributed by atoms with van der Waals surface area (Å²) in [5, 5.41) is 25.1. The van der Waals surface area contributed by atoms with Gasteiger partial charge in [-0.2, -0.15) is 9.78 Å². The maximum Gasteiger partial charge on any atom is 0.344 e. The monoisotopic (exact) mass is 522 g/mol. The maximum atomic E-state index is 13.0. The van der Waals surface area contributed by atoms with Crippen molar-refractivity contribution in [1.29, 1.82) is 0 Å². The molecule has 0 amide bonds. The van der Waals surface area contributed by atoms with Gasteiger partial charge in [-0.25, -0.2) is 9.78 Å². The summed E-state index contributed by atoms with van der Waals surface area (Å²) in [5.41, 5.74) is -0.447. The number of benzene rings is 2. The molecule has 0 unspecified atom stereocenters. The van der Waals surface area contributed by atoms with Crippen molar-refractivity contribution in [2.75, 3.05) is 0 Å². The smallest absolute Gasteiger partial charge is 0.344 e. The fourth-order valence-electron chi connectivity index (χ4n) is 2.85. The van der Waals surface area contributed by atoms with E-state index in [0.717, 1.165) is 17.0 Å². The molecule has 32 heavy (non-hydrogen) atoms. The largest absolute Gasteiger partial charge is 0.479 e. The van der Waals surface area contributed by atoms with Crippen molar-refractivity contribution in [3.05, 3.63) is 71.7 Å². The van der Waals surface area contributed by atoms with Crippen LogP contribution in [0.5, 0.6) is 5.75 Å². The van der Waals surface area contributed by atoms with E-state index >= 15 is 0 Å². The highest BCUT2D eigenvalue weighted by Gasteiger charge is 2.25. The molecule has 1 heterocycles. The van der Waals surface area contributed by atoms with Crippen molar-refractivity contribution in [3.63, 3.8) is 0 Å². The highest BCUT2D eigenvalue weighted by atomic mass is 79.9. The van der Waals surface area contributed by atoms with Crippen LogP contribution in [0.1, 0.15) is 25.2 Å². The van der Waals surface area contributed by atoms with Gasteiger partial charge in [-0.1, -0.05) is 34.5 Å². The van der Waals surface area contributed by atoms with Gasteiger partial charge in [0.1, 0.15) is 5.82 Å². The number of hydrogen-bond donors (Lipinski definition) is 1. The first-order chi connectivity index (χ1) is 15.1. The molecule has 0 saturated carbocycles. The first-order valence-corrected chi connectivity index (χ1v) is 10.4. The van der Waals surface area contributed by atoms with Crippen LogP contribution in [0, 0.1) is 10.1 Å². The fourth-order valence-corrected chi connectivity index (χ4v) is 3.43. The van der Waals surface area contributed by atoms with E-state index in [1.807, 2.05) is 0 Å². The van der Waals surface area contributed by atoms with Crippen molar-refractivity contribution in [2.24, 2.45) is 5.10 Å². The number of hydrogen-bond acceptors (Lipinski definition) is 7. The minimum Gasteiger partial charge on any atom is -0.479 e. The van der Waals surface area contributed by atoms with Crippen LogP contribution < -0.4 is 10.3 Å². The number of ether oxygens (including phenoxy) is 1. The number of carbonyl (C=O) groups is 1. The Balaban J connectivity index is 2.20. The molecule has 3 rings (SSSR count). The quantitative estimate of drug-likeness (QED) is 0.280. The number of halogens is 2. The molecule has 0 aliphatic rings. The zero-order chi connectivity index (χ0) is 23.6. The Morgan fingerprint density at radius 1 is 1.44 bits per heavy atom. The molecular formula is C20H16BrClN4O6. The minimum atomic E-state index is -1.38. The van der Waals surface area contributed by atoms with Gasteiger partial charge >= 0.3 is 11.7 Å². The Hall–Kier alpha value is -3.31. The van der Waals surface area contributed by atoms with Crippen LogP contribution in [0.3, 0.4) is 0 Å². The van der Waals surface area contributed by atoms with E-state index < -0.39 is 28.2 Å². The molecule has 12 heteroatoms. The van der Waals surface area contributed by atoms with Crippen LogP contribution in [0.25, 0.3) is 10.9 Å².